The molecule has 0 spiro atoms. The molecule has 1 aliphatic heterocycles. The summed E-state index contributed by atoms with van der Waals surface area (Å²) >= 11 is 0. The summed E-state index contributed by atoms with van der Waals surface area (Å²) in [4.78, 5) is 24.3. The van der Waals surface area contributed by atoms with Gasteiger partial charge in [-0.2, -0.15) is 0 Å². The van der Waals surface area contributed by atoms with Gasteiger partial charge in [0.1, 0.15) is 18.9 Å². The number of para-hydroxylation sites is 1. The Kier molecular flexibility index (Phi) is 4.81. The lowest BCUT2D eigenvalue weighted by Gasteiger charge is -2.13. The van der Waals surface area contributed by atoms with E-state index in [-0.39, 0.29) is 12.5 Å². The van der Waals surface area contributed by atoms with Gasteiger partial charge >= 0.3 is 6.09 Å². The number of amides is 2. The van der Waals surface area contributed by atoms with Crippen molar-refractivity contribution in [1.29, 1.82) is 0 Å². The van der Waals surface area contributed by atoms with Crippen LogP contribution in [0.3, 0.4) is 0 Å². The standard InChI is InChI=1S/C14H18N2O4/c1-19-12-5-3-2-4-11(12)6-7-15-13(17)10-16-8-9-20-14(16)18/h2-5H,6-10H2,1H3,(H,15,17). The van der Waals surface area contributed by atoms with Crippen molar-refractivity contribution < 1.29 is 19.1 Å². The van der Waals surface area contributed by atoms with Crippen molar-refractivity contribution in [2.45, 2.75) is 6.42 Å². The average Bonchev–Trinajstić information content (AvgIpc) is 2.85. The summed E-state index contributed by atoms with van der Waals surface area (Å²) in [6, 6.07) is 7.68. The van der Waals surface area contributed by atoms with Crippen LogP contribution in [0.1, 0.15) is 5.56 Å². The molecule has 0 aliphatic carbocycles. The Morgan fingerprint density at radius 2 is 2.25 bits per heavy atom. The zero-order valence-corrected chi connectivity index (χ0v) is 11.4. The summed E-state index contributed by atoms with van der Waals surface area (Å²) in [6.45, 7) is 1.37. The van der Waals surface area contributed by atoms with Gasteiger partial charge in [0.2, 0.25) is 5.91 Å². The first-order valence-electron chi connectivity index (χ1n) is 6.51. The molecular formula is C14H18N2O4. The minimum atomic E-state index is -0.426. The number of nitrogens with one attached hydrogen (secondary N) is 1. The van der Waals surface area contributed by atoms with Crippen molar-refractivity contribution >= 4 is 12.0 Å². The van der Waals surface area contributed by atoms with Crippen LogP contribution in [-0.2, 0) is 16.0 Å². The molecule has 2 amide bonds. The minimum Gasteiger partial charge on any atom is -0.496 e. The van der Waals surface area contributed by atoms with Gasteiger partial charge in [0.25, 0.3) is 0 Å². The zero-order valence-electron chi connectivity index (χ0n) is 11.4. The first-order valence-corrected chi connectivity index (χ1v) is 6.51. The lowest BCUT2D eigenvalue weighted by atomic mass is 10.1. The zero-order chi connectivity index (χ0) is 14.4. The molecule has 0 bridgehead atoms. The molecule has 0 saturated carbocycles. The maximum atomic E-state index is 11.7. The Morgan fingerprint density at radius 3 is 2.95 bits per heavy atom. The number of carbonyl (C=O) groups is 2. The Morgan fingerprint density at radius 1 is 1.45 bits per heavy atom. The van der Waals surface area contributed by atoms with Gasteiger partial charge in [-0.25, -0.2) is 4.79 Å². The first-order chi connectivity index (χ1) is 9.70. The molecule has 0 radical (unpaired) electrons. The van der Waals surface area contributed by atoms with Gasteiger partial charge in [-0.15, -0.1) is 0 Å². The van der Waals surface area contributed by atoms with E-state index in [9.17, 15) is 9.59 Å². The second-order valence-corrected chi connectivity index (χ2v) is 4.45. The van der Waals surface area contributed by atoms with E-state index in [1.54, 1.807) is 7.11 Å². The molecule has 6 heteroatoms. The van der Waals surface area contributed by atoms with Gasteiger partial charge in [0.05, 0.1) is 13.7 Å². The van der Waals surface area contributed by atoms with Crippen LogP contribution in [0.25, 0.3) is 0 Å². The molecule has 0 unspecified atom stereocenters. The van der Waals surface area contributed by atoms with Gasteiger partial charge in [0, 0.05) is 6.54 Å². The normalized spacial score (nSPS) is 14.1. The number of ether oxygens (including phenoxy) is 2. The highest BCUT2D eigenvalue weighted by Gasteiger charge is 2.23. The Labute approximate surface area is 117 Å². The Bertz CT molecular complexity index is 490. The van der Waals surface area contributed by atoms with E-state index in [0.29, 0.717) is 26.1 Å². The Hall–Kier alpha value is -2.24. The van der Waals surface area contributed by atoms with E-state index >= 15 is 0 Å². The lowest BCUT2D eigenvalue weighted by Crippen LogP contribution is -2.38. The monoisotopic (exact) mass is 278 g/mol. The number of benzene rings is 1. The number of cyclic esters (lactones) is 1. The molecule has 1 aromatic carbocycles. The molecule has 0 aromatic heterocycles. The van der Waals surface area contributed by atoms with Gasteiger partial charge < -0.3 is 14.8 Å². The predicted molar refractivity (Wildman–Crippen MR) is 72.6 cm³/mol. The molecule has 0 atom stereocenters. The second-order valence-electron chi connectivity index (χ2n) is 4.45. The number of carbonyl (C=O) groups excluding carboxylic acids is 2. The van der Waals surface area contributed by atoms with E-state index in [0.717, 1.165) is 11.3 Å². The van der Waals surface area contributed by atoms with Crippen LogP contribution < -0.4 is 10.1 Å². The highest BCUT2D eigenvalue weighted by Crippen LogP contribution is 2.17. The van der Waals surface area contributed by atoms with Gasteiger partial charge in [-0.3, -0.25) is 9.69 Å². The molecule has 6 nitrogen and oxygen atoms in total. The third-order valence-electron chi connectivity index (χ3n) is 3.09. The van der Waals surface area contributed by atoms with Crippen LogP contribution in [0.5, 0.6) is 5.75 Å². The average molecular weight is 278 g/mol. The fraction of sp³-hybridized carbons (Fsp3) is 0.429. The van der Waals surface area contributed by atoms with Gasteiger partial charge in [-0.1, -0.05) is 18.2 Å². The Balaban J connectivity index is 1.75. The summed E-state index contributed by atoms with van der Waals surface area (Å²) < 4.78 is 10.0. The summed E-state index contributed by atoms with van der Waals surface area (Å²) in [7, 11) is 1.62. The van der Waals surface area contributed by atoms with Crippen LogP contribution in [0, 0.1) is 0 Å². The SMILES string of the molecule is COc1ccccc1CCNC(=O)CN1CCOC1=O. The number of hydrogen-bond acceptors (Lipinski definition) is 4. The molecule has 1 aromatic rings. The van der Waals surface area contributed by atoms with Crippen LogP contribution >= 0.6 is 0 Å². The van der Waals surface area contributed by atoms with E-state index in [1.165, 1.54) is 4.90 Å². The second kappa shape index (κ2) is 6.79. The van der Waals surface area contributed by atoms with Crippen molar-refractivity contribution in [1.82, 2.24) is 10.2 Å². The largest absolute Gasteiger partial charge is 0.496 e. The maximum Gasteiger partial charge on any atom is 0.410 e. The molecule has 1 aliphatic rings. The molecule has 20 heavy (non-hydrogen) atoms. The quantitative estimate of drug-likeness (QED) is 0.836. The van der Waals surface area contributed by atoms with E-state index in [1.807, 2.05) is 24.3 Å². The molecule has 1 N–H and O–H groups in total. The van der Waals surface area contributed by atoms with Crippen LogP contribution in [0.4, 0.5) is 4.79 Å². The van der Waals surface area contributed by atoms with Crippen molar-refractivity contribution in [3.05, 3.63) is 29.8 Å². The number of nitrogens with zero attached hydrogens (tertiary/aromatic N) is 1. The van der Waals surface area contributed by atoms with Crippen LogP contribution in [0.15, 0.2) is 24.3 Å². The summed E-state index contributed by atoms with van der Waals surface area (Å²) in [5.41, 5.74) is 1.04. The fourth-order valence-electron chi connectivity index (χ4n) is 2.04. The third kappa shape index (κ3) is 3.63. The van der Waals surface area contributed by atoms with Crippen LogP contribution in [0.2, 0.25) is 0 Å². The summed E-state index contributed by atoms with van der Waals surface area (Å²) in [5.74, 6) is 0.628. The highest BCUT2D eigenvalue weighted by molar-refractivity contribution is 5.82. The first kappa shape index (κ1) is 14.2. The lowest BCUT2D eigenvalue weighted by molar-refractivity contribution is -0.121. The summed E-state index contributed by atoms with van der Waals surface area (Å²) in [6.07, 6.45) is 0.255. The number of hydrogen-bond donors (Lipinski definition) is 1. The fourth-order valence-corrected chi connectivity index (χ4v) is 2.04. The molecule has 1 heterocycles. The number of rotatable bonds is 6. The van der Waals surface area contributed by atoms with Crippen LogP contribution in [-0.4, -0.2) is 50.3 Å². The third-order valence-corrected chi connectivity index (χ3v) is 3.09. The van der Waals surface area contributed by atoms with Gasteiger partial charge in [-0.05, 0) is 18.1 Å². The number of methoxy groups -OCH3 is 1. The topological polar surface area (TPSA) is 67.9 Å². The van der Waals surface area contributed by atoms with E-state index < -0.39 is 6.09 Å². The molecule has 2 rings (SSSR count). The smallest absolute Gasteiger partial charge is 0.410 e. The van der Waals surface area contributed by atoms with Crippen molar-refractivity contribution in [3.63, 3.8) is 0 Å². The highest BCUT2D eigenvalue weighted by atomic mass is 16.6. The van der Waals surface area contributed by atoms with Crippen molar-refractivity contribution in [2.24, 2.45) is 0 Å². The minimum absolute atomic E-state index is 0.0464. The van der Waals surface area contributed by atoms with Crippen molar-refractivity contribution in [3.8, 4) is 5.75 Å². The molecule has 1 fully saturated rings. The maximum absolute atomic E-state index is 11.7. The van der Waals surface area contributed by atoms with Gasteiger partial charge in [0.15, 0.2) is 0 Å². The summed E-state index contributed by atoms with van der Waals surface area (Å²) in [5, 5.41) is 2.79. The molecular weight excluding hydrogens is 260 g/mol. The van der Waals surface area contributed by atoms with E-state index in [4.69, 9.17) is 9.47 Å². The van der Waals surface area contributed by atoms with Crippen molar-refractivity contribution in [2.75, 3.05) is 33.4 Å². The van der Waals surface area contributed by atoms with E-state index in [2.05, 4.69) is 5.32 Å². The predicted octanol–water partition coefficient (Wildman–Crippen LogP) is 0.806. The molecule has 108 valence electrons. The molecule has 1 saturated heterocycles.